The Morgan fingerprint density at radius 2 is 1.77 bits per heavy atom. The monoisotopic (exact) mass is 443 g/mol. The Kier molecular flexibility index (Phi) is 5.90. The van der Waals surface area contributed by atoms with E-state index in [4.69, 9.17) is 0 Å². The number of fused-ring (bicyclic) bond motifs is 1. The zero-order valence-corrected chi connectivity index (χ0v) is 18.7. The fourth-order valence-electron chi connectivity index (χ4n) is 3.71. The summed E-state index contributed by atoms with van der Waals surface area (Å²) < 4.78 is 30.3. The zero-order chi connectivity index (χ0) is 21.3. The molecule has 0 saturated carbocycles. The van der Waals surface area contributed by atoms with Gasteiger partial charge in [0.1, 0.15) is 0 Å². The molecule has 0 radical (unpaired) electrons. The normalized spacial score (nSPS) is 16.9. The molecule has 3 aromatic rings. The number of thiazole rings is 1. The van der Waals surface area contributed by atoms with E-state index >= 15 is 0 Å². The molecule has 30 heavy (non-hydrogen) atoms. The van der Waals surface area contributed by atoms with Gasteiger partial charge in [-0.2, -0.15) is 9.30 Å². The van der Waals surface area contributed by atoms with Crippen molar-refractivity contribution in [1.82, 2.24) is 8.87 Å². The summed E-state index contributed by atoms with van der Waals surface area (Å²) in [5.41, 5.74) is 1.43. The fraction of sp³-hybridized carbons (Fsp3) is 0.364. The van der Waals surface area contributed by atoms with Gasteiger partial charge in [0, 0.05) is 25.2 Å². The van der Waals surface area contributed by atoms with E-state index in [0.717, 1.165) is 23.1 Å². The highest BCUT2D eigenvalue weighted by atomic mass is 32.2. The Morgan fingerprint density at radius 1 is 1.10 bits per heavy atom. The van der Waals surface area contributed by atoms with Crippen molar-refractivity contribution in [3.63, 3.8) is 0 Å². The molecule has 1 aromatic heterocycles. The van der Waals surface area contributed by atoms with Crippen LogP contribution in [-0.2, 0) is 16.6 Å². The minimum atomic E-state index is -3.53. The third-order valence-corrected chi connectivity index (χ3v) is 8.56. The van der Waals surface area contributed by atoms with E-state index in [1.54, 1.807) is 12.1 Å². The van der Waals surface area contributed by atoms with Crippen molar-refractivity contribution in [3.05, 3.63) is 58.9 Å². The number of hydrogen-bond acceptors (Lipinski definition) is 4. The highest BCUT2D eigenvalue weighted by molar-refractivity contribution is 7.89. The van der Waals surface area contributed by atoms with Gasteiger partial charge in [-0.1, -0.05) is 30.4 Å². The number of sulfonamides is 1. The van der Waals surface area contributed by atoms with E-state index in [1.807, 2.05) is 35.8 Å². The average molecular weight is 444 g/mol. The highest BCUT2D eigenvalue weighted by Gasteiger charge is 2.28. The van der Waals surface area contributed by atoms with Crippen LogP contribution in [0.15, 0.2) is 58.4 Å². The predicted octanol–water partition coefficient (Wildman–Crippen LogP) is 3.88. The molecule has 0 bridgehead atoms. The molecule has 1 aliphatic rings. The number of hydrogen-bond donors (Lipinski definition) is 0. The van der Waals surface area contributed by atoms with Gasteiger partial charge in [-0.15, -0.1) is 0 Å². The molecule has 1 saturated heterocycles. The second kappa shape index (κ2) is 8.45. The second-order valence-electron chi connectivity index (χ2n) is 7.62. The lowest BCUT2D eigenvalue weighted by molar-refractivity contribution is 0.0997. The van der Waals surface area contributed by atoms with E-state index in [-0.39, 0.29) is 10.8 Å². The molecule has 2 aromatic carbocycles. The number of benzene rings is 2. The summed E-state index contributed by atoms with van der Waals surface area (Å²) in [4.78, 5) is 17.9. The number of aryl methyl sites for hydroxylation is 1. The Balaban J connectivity index is 1.60. The van der Waals surface area contributed by atoms with Crippen LogP contribution in [0.25, 0.3) is 10.2 Å². The SMILES string of the molecule is CCn1c(=NC(=O)c2ccc(S(=O)(=O)N3CCC(C)CC3)cc2)sc2ccccc21. The quantitative estimate of drug-likeness (QED) is 0.614. The molecule has 2 heterocycles. The van der Waals surface area contributed by atoms with Crippen molar-refractivity contribution in [2.75, 3.05) is 13.1 Å². The molecule has 8 heteroatoms. The van der Waals surface area contributed by atoms with Gasteiger partial charge < -0.3 is 4.57 Å². The first-order valence-electron chi connectivity index (χ1n) is 10.2. The number of para-hydroxylation sites is 1. The average Bonchev–Trinajstić information content (AvgIpc) is 3.11. The number of rotatable bonds is 4. The lowest BCUT2D eigenvalue weighted by Gasteiger charge is -2.29. The molecule has 0 spiro atoms. The molecular weight excluding hydrogens is 418 g/mol. The van der Waals surface area contributed by atoms with Gasteiger partial charge in [0.2, 0.25) is 10.0 Å². The van der Waals surface area contributed by atoms with Crippen LogP contribution in [-0.4, -0.2) is 36.3 Å². The second-order valence-corrected chi connectivity index (χ2v) is 10.6. The molecule has 1 amide bonds. The molecule has 1 aliphatic heterocycles. The highest BCUT2D eigenvalue weighted by Crippen LogP contribution is 2.24. The lowest BCUT2D eigenvalue weighted by Crippen LogP contribution is -2.37. The molecular formula is C22H25N3O3S2. The number of amides is 1. The molecule has 0 aliphatic carbocycles. The van der Waals surface area contributed by atoms with Crippen molar-refractivity contribution in [1.29, 1.82) is 0 Å². The fourth-order valence-corrected chi connectivity index (χ4v) is 6.27. The van der Waals surface area contributed by atoms with Crippen LogP contribution < -0.4 is 4.80 Å². The van der Waals surface area contributed by atoms with E-state index < -0.39 is 10.0 Å². The molecule has 6 nitrogen and oxygen atoms in total. The standard InChI is InChI=1S/C22H25N3O3S2/c1-3-25-19-6-4-5-7-20(19)29-22(25)23-21(26)17-8-10-18(11-9-17)30(27,28)24-14-12-16(2)13-15-24/h4-11,16H,3,12-15H2,1-2H3. The Hall–Kier alpha value is -2.29. The number of nitrogens with zero attached hydrogens (tertiary/aromatic N) is 3. The summed E-state index contributed by atoms with van der Waals surface area (Å²) in [6.07, 6.45) is 1.75. The van der Waals surface area contributed by atoms with Crippen LogP contribution in [0, 0.1) is 5.92 Å². The summed E-state index contributed by atoms with van der Waals surface area (Å²) in [5, 5.41) is 0. The van der Waals surface area contributed by atoms with Gasteiger partial charge in [0.25, 0.3) is 5.91 Å². The smallest absolute Gasteiger partial charge is 0.279 e. The van der Waals surface area contributed by atoms with Crippen LogP contribution in [0.2, 0.25) is 0 Å². The first kappa shape index (κ1) is 21.0. The zero-order valence-electron chi connectivity index (χ0n) is 17.1. The van der Waals surface area contributed by atoms with Crippen molar-refractivity contribution in [3.8, 4) is 0 Å². The Labute approximate surface area is 180 Å². The van der Waals surface area contributed by atoms with Crippen molar-refractivity contribution < 1.29 is 13.2 Å². The summed E-state index contributed by atoms with van der Waals surface area (Å²) >= 11 is 1.47. The molecule has 1 fully saturated rings. The van der Waals surface area contributed by atoms with E-state index in [0.29, 0.717) is 35.9 Å². The van der Waals surface area contributed by atoms with Crippen molar-refractivity contribution in [2.45, 2.75) is 38.1 Å². The lowest BCUT2D eigenvalue weighted by atomic mass is 10.0. The minimum absolute atomic E-state index is 0.221. The van der Waals surface area contributed by atoms with Crippen LogP contribution in [0.3, 0.4) is 0 Å². The molecule has 0 N–H and O–H groups in total. The molecule has 0 unspecified atom stereocenters. The minimum Gasteiger partial charge on any atom is -0.317 e. The number of carbonyl (C=O) groups is 1. The maximum atomic E-state index is 12.9. The van der Waals surface area contributed by atoms with Gasteiger partial charge in [-0.3, -0.25) is 4.79 Å². The summed E-state index contributed by atoms with van der Waals surface area (Å²) in [6.45, 7) is 5.96. The van der Waals surface area contributed by atoms with Gasteiger partial charge in [-0.05, 0) is 62.1 Å². The number of piperidine rings is 1. The van der Waals surface area contributed by atoms with Crippen LogP contribution in [0.1, 0.15) is 37.0 Å². The number of aromatic nitrogens is 1. The summed E-state index contributed by atoms with van der Waals surface area (Å²) in [7, 11) is -3.53. The first-order chi connectivity index (χ1) is 14.4. The van der Waals surface area contributed by atoms with Crippen LogP contribution in [0.5, 0.6) is 0 Å². The van der Waals surface area contributed by atoms with Crippen molar-refractivity contribution in [2.24, 2.45) is 10.9 Å². The van der Waals surface area contributed by atoms with Gasteiger partial charge in [0.05, 0.1) is 15.1 Å². The third-order valence-electron chi connectivity index (χ3n) is 5.58. The van der Waals surface area contributed by atoms with E-state index in [1.165, 1.54) is 27.8 Å². The van der Waals surface area contributed by atoms with Gasteiger partial charge >= 0.3 is 0 Å². The largest absolute Gasteiger partial charge is 0.317 e. The molecule has 158 valence electrons. The van der Waals surface area contributed by atoms with E-state index in [2.05, 4.69) is 11.9 Å². The number of carbonyl (C=O) groups excluding carboxylic acids is 1. The van der Waals surface area contributed by atoms with Crippen LogP contribution in [0.4, 0.5) is 0 Å². The predicted molar refractivity (Wildman–Crippen MR) is 119 cm³/mol. The van der Waals surface area contributed by atoms with E-state index in [9.17, 15) is 13.2 Å². The van der Waals surface area contributed by atoms with Crippen LogP contribution >= 0.6 is 11.3 Å². The molecule has 4 rings (SSSR count). The Morgan fingerprint density at radius 3 is 2.43 bits per heavy atom. The summed E-state index contributed by atoms with van der Waals surface area (Å²) in [5.74, 6) is 0.178. The third kappa shape index (κ3) is 3.99. The first-order valence-corrected chi connectivity index (χ1v) is 12.4. The molecule has 0 atom stereocenters. The van der Waals surface area contributed by atoms with Gasteiger partial charge in [0.15, 0.2) is 4.80 Å². The van der Waals surface area contributed by atoms with Crippen molar-refractivity contribution >= 4 is 37.5 Å². The maximum absolute atomic E-state index is 12.9. The van der Waals surface area contributed by atoms with Gasteiger partial charge in [-0.25, -0.2) is 8.42 Å². The Bertz CT molecular complexity index is 1230. The summed E-state index contributed by atoms with van der Waals surface area (Å²) in [6, 6.07) is 14.1. The topological polar surface area (TPSA) is 71.7 Å². The maximum Gasteiger partial charge on any atom is 0.279 e.